The van der Waals surface area contributed by atoms with E-state index < -0.39 is 11.6 Å². The molecule has 38 heavy (non-hydrogen) atoms. The van der Waals surface area contributed by atoms with Crippen molar-refractivity contribution in [1.29, 1.82) is 0 Å². The molecule has 0 amide bonds. The Hall–Kier alpha value is -3.88. The van der Waals surface area contributed by atoms with Gasteiger partial charge in [-0.2, -0.15) is 0 Å². The van der Waals surface area contributed by atoms with Crippen molar-refractivity contribution < 1.29 is 28.6 Å². The number of aliphatic hydroxyl groups excluding tert-OH is 1. The minimum absolute atomic E-state index is 0.0365. The Kier molecular flexibility index (Phi) is 12.3. The van der Waals surface area contributed by atoms with Crippen LogP contribution in [0.15, 0.2) is 83.9 Å². The van der Waals surface area contributed by atoms with Gasteiger partial charge in [-0.1, -0.05) is 79.7 Å². The number of nitrogens with one attached hydrogen (secondary N) is 1. The SMILES string of the molecule is C=O.C=O.CN=C(N[C@@H](CCO)c1ccccc1F)OC1(C(C)c2ccc(-c3ccccc3)cc2)COC1. The highest BCUT2D eigenvalue weighted by Crippen LogP contribution is 2.38. The van der Waals surface area contributed by atoms with Crippen molar-refractivity contribution >= 4 is 19.6 Å². The molecule has 0 radical (unpaired) electrons. The molecular formula is C30H35FN2O5. The van der Waals surface area contributed by atoms with Gasteiger partial charge in [0.05, 0.1) is 19.3 Å². The van der Waals surface area contributed by atoms with Crippen LogP contribution in [0.5, 0.6) is 0 Å². The molecule has 4 rings (SSSR count). The van der Waals surface area contributed by atoms with Crippen molar-refractivity contribution in [2.45, 2.75) is 30.9 Å². The summed E-state index contributed by atoms with van der Waals surface area (Å²) in [4.78, 5) is 20.3. The van der Waals surface area contributed by atoms with E-state index in [0.717, 1.165) is 11.1 Å². The number of hydrogen-bond donors (Lipinski definition) is 2. The molecule has 0 aliphatic carbocycles. The number of carbonyl (C=O) groups excluding carboxylic acids is 2. The molecule has 1 heterocycles. The van der Waals surface area contributed by atoms with Crippen LogP contribution in [0.3, 0.4) is 0 Å². The molecule has 8 heteroatoms. The van der Waals surface area contributed by atoms with Gasteiger partial charge in [0.2, 0.25) is 0 Å². The number of ether oxygens (including phenoxy) is 2. The van der Waals surface area contributed by atoms with Gasteiger partial charge in [-0.05, 0) is 29.2 Å². The monoisotopic (exact) mass is 522 g/mol. The first kappa shape index (κ1) is 30.3. The van der Waals surface area contributed by atoms with Gasteiger partial charge >= 0.3 is 0 Å². The van der Waals surface area contributed by atoms with Crippen molar-refractivity contribution in [3.05, 3.63) is 95.8 Å². The fraction of sp³-hybridized carbons (Fsp3) is 0.300. The summed E-state index contributed by atoms with van der Waals surface area (Å²) in [6.07, 6.45) is 0.323. The summed E-state index contributed by atoms with van der Waals surface area (Å²) in [5.74, 6) is -0.299. The summed E-state index contributed by atoms with van der Waals surface area (Å²) in [7, 11) is 1.63. The van der Waals surface area contributed by atoms with E-state index in [2.05, 4.69) is 53.6 Å². The Morgan fingerprint density at radius 1 is 1.00 bits per heavy atom. The minimum atomic E-state index is -0.588. The third-order valence-electron chi connectivity index (χ3n) is 6.50. The molecule has 0 saturated carbocycles. The lowest BCUT2D eigenvalue weighted by Gasteiger charge is -2.46. The van der Waals surface area contributed by atoms with Crippen LogP contribution in [0.1, 0.15) is 36.4 Å². The van der Waals surface area contributed by atoms with Crippen molar-refractivity contribution in [2.24, 2.45) is 4.99 Å². The lowest BCUT2D eigenvalue weighted by atomic mass is 9.81. The Morgan fingerprint density at radius 2 is 1.58 bits per heavy atom. The van der Waals surface area contributed by atoms with Crippen molar-refractivity contribution in [3.8, 4) is 11.1 Å². The van der Waals surface area contributed by atoms with Gasteiger partial charge in [0.15, 0.2) is 5.60 Å². The maximum Gasteiger partial charge on any atom is 0.285 e. The highest BCUT2D eigenvalue weighted by Gasteiger charge is 2.48. The van der Waals surface area contributed by atoms with Gasteiger partial charge in [-0.3, -0.25) is 0 Å². The van der Waals surface area contributed by atoms with Crippen LogP contribution in [0, 0.1) is 5.82 Å². The molecule has 0 spiro atoms. The van der Waals surface area contributed by atoms with Crippen molar-refractivity contribution in [1.82, 2.24) is 5.32 Å². The van der Waals surface area contributed by atoms with Gasteiger partial charge in [0.1, 0.15) is 19.4 Å². The smallest absolute Gasteiger partial charge is 0.285 e. The van der Waals surface area contributed by atoms with E-state index >= 15 is 0 Å². The predicted octanol–water partition coefficient (Wildman–Crippen LogP) is 4.71. The maximum absolute atomic E-state index is 14.4. The van der Waals surface area contributed by atoms with Crippen molar-refractivity contribution in [3.63, 3.8) is 0 Å². The maximum atomic E-state index is 14.4. The molecule has 1 aliphatic heterocycles. The molecule has 1 saturated heterocycles. The highest BCUT2D eigenvalue weighted by atomic mass is 19.1. The van der Waals surface area contributed by atoms with Gasteiger partial charge < -0.3 is 29.5 Å². The molecule has 2 atom stereocenters. The number of carbonyl (C=O) groups is 2. The van der Waals surface area contributed by atoms with E-state index in [4.69, 9.17) is 19.1 Å². The number of rotatable bonds is 8. The lowest BCUT2D eigenvalue weighted by molar-refractivity contribution is -0.181. The Labute approximate surface area is 223 Å². The standard InChI is InChI=1S/C28H31FN2O3.2CH2O/c1-20(21-12-14-23(15-13-21)22-8-4-3-5-9-22)28(18-33-19-28)34-27(30-2)31-26(16-17-32)24-10-6-7-11-25(24)29;2*1-2/h3-15,20,26,32H,16-19H2,1-2H3,(H,30,31);2*1H2/t20?,26-;;/m0../s1. The summed E-state index contributed by atoms with van der Waals surface area (Å²) in [6.45, 7) is 6.89. The van der Waals surface area contributed by atoms with Crippen molar-refractivity contribution in [2.75, 3.05) is 26.9 Å². The number of amidine groups is 1. The quantitative estimate of drug-likeness (QED) is 0.329. The van der Waals surface area contributed by atoms with Crippen LogP contribution in [-0.2, 0) is 19.1 Å². The van der Waals surface area contributed by atoms with Gasteiger partial charge in [-0.25, -0.2) is 9.38 Å². The molecule has 7 nitrogen and oxygen atoms in total. The Bertz CT molecular complexity index is 1130. The molecule has 1 fully saturated rings. The molecule has 3 aromatic carbocycles. The molecule has 202 valence electrons. The predicted molar refractivity (Wildman–Crippen MR) is 147 cm³/mol. The molecule has 0 aromatic heterocycles. The average Bonchev–Trinajstić information content (AvgIpc) is 2.96. The number of nitrogens with zero attached hydrogens (tertiary/aromatic N) is 1. The first-order valence-electron chi connectivity index (χ1n) is 12.1. The molecule has 2 N–H and O–H groups in total. The zero-order valence-corrected chi connectivity index (χ0v) is 21.8. The van der Waals surface area contributed by atoms with Crippen LogP contribution in [-0.4, -0.2) is 57.2 Å². The number of aliphatic hydroxyl groups is 1. The van der Waals surface area contributed by atoms with Crippen LogP contribution < -0.4 is 5.32 Å². The van der Waals surface area contributed by atoms with E-state index in [1.165, 1.54) is 11.6 Å². The second-order valence-corrected chi connectivity index (χ2v) is 8.63. The van der Waals surface area contributed by atoms with E-state index in [0.29, 0.717) is 31.2 Å². The summed E-state index contributed by atoms with van der Waals surface area (Å²) in [5.41, 5.74) is 3.34. The van der Waals surface area contributed by atoms with Gasteiger partial charge in [0.25, 0.3) is 6.02 Å². The van der Waals surface area contributed by atoms with E-state index in [9.17, 15) is 9.50 Å². The van der Waals surface area contributed by atoms with E-state index in [-0.39, 0.29) is 18.3 Å². The number of benzene rings is 3. The highest BCUT2D eigenvalue weighted by molar-refractivity contribution is 5.75. The van der Waals surface area contributed by atoms with Crippen LogP contribution in [0.2, 0.25) is 0 Å². The zero-order chi connectivity index (χ0) is 28.0. The average molecular weight is 523 g/mol. The van der Waals surface area contributed by atoms with Crippen LogP contribution >= 0.6 is 0 Å². The summed E-state index contributed by atoms with van der Waals surface area (Å²) in [5, 5.41) is 12.7. The first-order valence-corrected chi connectivity index (χ1v) is 12.1. The van der Waals surface area contributed by atoms with Crippen LogP contribution in [0.25, 0.3) is 11.1 Å². The summed E-state index contributed by atoms with van der Waals surface area (Å²) >= 11 is 0. The Balaban J connectivity index is 0.00000121. The topological polar surface area (TPSA) is 97.2 Å². The van der Waals surface area contributed by atoms with Gasteiger partial charge in [-0.15, -0.1) is 0 Å². The minimum Gasteiger partial charge on any atom is -0.453 e. The van der Waals surface area contributed by atoms with E-state index in [1.54, 1.807) is 25.2 Å². The number of hydrogen-bond acceptors (Lipinski definition) is 6. The second-order valence-electron chi connectivity index (χ2n) is 8.63. The lowest BCUT2D eigenvalue weighted by Crippen LogP contribution is -2.58. The second kappa shape index (κ2) is 15.4. The summed E-state index contributed by atoms with van der Waals surface area (Å²) in [6, 6.07) is 25.1. The largest absolute Gasteiger partial charge is 0.453 e. The normalized spacial score (nSPS) is 15.3. The summed E-state index contributed by atoms with van der Waals surface area (Å²) < 4.78 is 26.4. The first-order chi connectivity index (χ1) is 18.6. The third-order valence-corrected chi connectivity index (χ3v) is 6.50. The van der Waals surface area contributed by atoms with Gasteiger partial charge in [0, 0.05) is 25.1 Å². The molecule has 0 bridgehead atoms. The third kappa shape index (κ3) is 7.34. The fourth-order valence-electron chi connectivity index (χ4n) is 4.27. The molecule has 1 aliphatic rings. The molecule has 1 unspecified atom stereocenters. The van der Waals surface area contributed by atoms with E-state index in [1.807, 2.05) is 31.8 Å². The Morgan fingerprint density at radius 3 is 2.11 bits per heavy atom. The number of halogens is 1. The zero-order valence-electron chi connectivity index (χ0n) is 21.8. The fourth-order valence-corrected chi connectivity index (χ4v) is 4.27. The molecular weight excluding hydrogens is 487 g/mol. The van der Waals surface area contributed by atoms with Crippen LogP contribution in [0.4, 0.5) is 4.39 Å². The molecule has 3 aromatic rings. The number of aliphatic imine (C=N–C) groups is 1.